The quantitative estimate of drug-likeness (QED) is 0.863. The van der Waals surface area contributed by atoms with Crippen molar-refractivity contribution in [3.05, 3.63) is 48.3 Å². The average molecular weight is 311 g/mol. The Labute approximate surface area is 134 Å². The lowest BCUT2D eigenvalue weighted by Crippen LogP contribution is -2.59. The first-order chi connectivity index (χ1) is 10.9. The van der Waals surface area contributed by atoms with Crippen LogP contribution < -0.4 is 15.0 Å². The Kier molecular flexibility index (Phi) is 3.52. The molecule has 6 heteroatoms. The molecule has 1 N–H and O–H groups in total. The summed E-state index contributed by atoms with van der Waals surface area (Å²) in [5.41, 5.74) is 0.525. The van der Waals surface area contributed by atoms with Crippen LogP contribution in [0.5, 0.6) is 5.75 Å². The Balaban J connectivity index is 1.93. The predicted molar refractivity (Wildman–Crippen MR) is 86.5 cm³/mol. The highest BCUT2D eigenvalue weighted by atomic mass is 16.5. The van der Waals surface area contributed by atoms with Gasteiger partial charge in [0, 0.05) is 13.2 Å². The molecule has 23 heavy (non-hydrogen) atoms. The number of likely N-dealkylation sites (N-methyl/N-ethyl adjacent to an activating group) is 1. The minimum absolute atomic E-state index is 0.464. The van der Waals surface area contributed by atoms with Gasteiger partial charge in [0.1, 0.15) is 5.75 Å². The van der Waals surface area contributed by atoms with Gasteiger partial charge in [-0.1, -0.05) is 6.07 Å². The van der Waals surface area contributed by atoms with E-state index in [-0.39, 0.29) is 0 Å². The van der Waals surface area contributed by atoms with E-state index in [1.807, 2.05) is 19.1 Å². The summed E-state index contributed by atoms with van der Waals surface area (Å²) < 4.78 is 5.77. The lowest BCUT2D eigenvalue weighted by molar-refractivity contribution is -0.144. The second kappa shape index (κ2) is 5.39. The molecular weight excluding hydrogens is 294 g/mol. The molecule has 0 bridgehead atoms. The SMILES string of the molecule is Cc1ccc2c(c1)NC(=O)C(C)(C(=O)N(C)c1cccnc1)O2. The van der Waals surface area contributed by atoms with Crippen LogP contribution >= 0.6 is 0 Å². The number of nitrogens with one attached hydrogen (secondary N) is 1. The highest BCUT2D eigenvalue weighted by Crippen LogP contribution is 2.35. The molecule has 1 atom stereocenters. The maximum absolute atomic E-state index is 12.8. The largest absolute Gasteiger partial charge is 0.465 e. The molecule has 1 unspecified atom stereocenters. The normalized spacial score (nSPS) is 19.3. The van der Waals surface area contributed by atoms with Crippen LogP contribution in [0.1, 0.15) is 12.5 Å². The van der Waals surface area contributed by atoms with E-state index in [2.05, 4.69) is 10.3 Å². The first-order valence-corrected chi connectivity index (χ1v) is 7.21. The zero-order valence-electron chi connectivity index (χ0n) is 13.2. The van der Waals surface area contributed by atoms with Crippen LogP contribution in [-0.4, -0.2) is 29.4 Å². The number of pyridine rings is 1. The number of anilines is 2. The Morgan fingerprint density at radius 3 is 2.83 bits per heavy atom. The van der Waals surface area contributed by atoms with E-state index >= 15 is 0 Å². The zero-order chi connectivity index (χ0) is 16.6. The molecular formula is C17H17N3O3. The topological polar surface area (TPSA) is 71.5 Å². The van der Waals surface area contributed by atoms with Crippen LogP contribution in [0.4, 0.5) is 11.4 Å². The smallest absolute Gasteiger partial charge is 0.280 e. The second-order valence-corrected chi connectivity index (χ2v) is 5.66. The summed E-state index contributed by atoms with van der Waals surface area (Å²) in [7, 11) is 1.59. The van der Waals surface area contributed by atoms with E-state index in [0.717, 1.165) is 5.56 Å². The van der Waals surface area contributed by atoms with Gasteiger partial charge in [0.15, 0.2) is 0 Å². The number of carbonyl (C=O) groups is 2. The molecule has 2 amide bonds. The Bertz CT molecular complexity index is 776. The van der Waals surface area contributed by atoms with Gasteiger partial charge in [-0.3, -0.25) is 14.6 Å². The molecule has 118 valence electrons. The zero-order valence-corrected chi connectivity index (χ0v) is 13.2. The van der Waals surface area contributed by atoms with Crippen molar-refractivity contribution in [1.82, 2.24) is 4.98 Å². The summed E-state index contributed by atoms with van der Waals surface area (Å²) >= 11 is 0. The van der Waals surface area contributed by atoms with Crippen molar-refractivity contribution >= 4 is 23.2 Å². The van der Waals surface area contributed by atoms with Gasteiger partial charge in [-0.05, 0) is 43.7 Å². The average Bonchev–Trinajstić information content (AvgIpc) is 2.56. The summed E-state index contributed by atoms with van der Waals surface area (Å²) in [4.78, 5) is 30.6. The first-order valence-electron chi connectivity index (χ1n) is 7.21. The Hall–Kier alpha value is -2.89. The summed E-state index contributed by atoms with van der Waals surface area (Å²) in [5, 5.41) is 2.75. The van der Waals surface area contributed by atoms with Crippen molar-refractivity contribution in [1.29, 1.82) is 0 Å². The van der Waals surface area contributed by atoms with Gasteiger partial charge in [0.2, 0.25) is 0 Å². The molecule has 0 aliphatic carbocycles. The minimum Gasteiger partial charge on any atom is -0.465 e. The molecule has 0 saturated carbocycles. The molecule has 1 aliphatic rings. The van der Waals surface area contributed by atoms with E-state index in [9.17, 15) is 9.59 Å². The van der Waals surface area contributed by atoms with Crippen molar-refractivity contribution in [2.45, 2.75) is 19.4 Å². The highest BCUT2D eigenvalue weighted by molar-refractivity contribution is 6.19. The number of hydrogen-bond donors (Lipinski definition) is 1. The monoisotopic (exact) mass is 311 g/mol. The lowest BCUT2D eigenvalue weighted by atomic mass is 10.0. The van der Waals surface area contributed by atoms with Crippen molar-refractivity contribution in [2.75, 3.05) is 17.3 Å². The van der Waals surface area contributed by atoms with E-state index in [1.54, 1.807) is 37.6 Å². The summed E-state index contributed by atoms with van der Waals surface area (Å²) in [6.45, 7) is 3.39. The van der Waals surface area contributed by atoms with Gasteiger partial charge in [0.05, 0.1) is 17.6 Å². The molecule has 2 heterocycles. The number of benzene rings is 1. The van der Waals surface area contributed by atoms with E-state index < -0.39 is 17.4 Å². The van der Waals surface area contributed by atoms with Gasteiger partial charge in [-0.25, -0.2) is 0 Å². The Morgan fingerprint density at radius 1 is 1.35 bits per heavy atom. The van der Waals surface area contributed by atoms with Crippen molar-refractivity contribution in [2.24, 2.45) is 0 Å². The van der Waals surface area contributed by atoms with Gasteiger partial charge in [0.25, 0.3) is 17.4 Å². The van der Waals surface area contributed by atoms with E-state index in [4.69, 9.17) is 4.74 Å². The van der Waals surface area contributed by atoms with Crippen LogP contribution in [0, 0.1) is 6.92 Å². The highest BCUT2D eigenvalue weighted by Gasteiger charge is 2.49. The lowest BCUT2D eigenvalue weighted by Gasteiger charge is -2.35. The van der Waals surface area contributed by atoms with Gasteiger partial charge in [-0.2, -0.15) is 0 Å². The Morgan fingerprint density at radius 2 is 2.13 bits per heavy atom. The van der Waals surface area contributed by atoms with Gasteiger partial charge >= 0.3 is 0 Å². The number of rotatable bonds is 2. The number of aromatic nitrogens is 1. The van der Waals surface area contributed by atoms with Crippen LogP contribution in [0.25, 0.3) is 0 Å². The molecule has 3 rings (SSSR count). The third kappa shape index (κ3) is 2.52. The fourth-order valence-corrected chi connectivity index (χ4v) is 2.47. The maximum atomic E-state index is 12.8. The van der Waals surface area contributed by atoms with Crippen molar-refractivity contribution in [3.8, 4) is 5.75 Å². The fourth-order valence-electron chi connectivity index (χ4n) is 2.47. The first kappa shape index (κ1) is 15.0. The van der Waals surface area contributed by atoms with Crippen LogP contribution in [-0.2, 0) is 9.59 Å². The maximum Gasteiger partial charge on any atom is 0.280 e. The molecule has 0 spiro atoms. The van der Waals surface area contributed by atoms with Gasteiger partial charge in [-0.15, -0.1) is 0 Å². The molecule has 0 fully saturated rings. The summed E-state index contributed by atoms with van der Waals surface area (Å²) in [6, 6.07) is 8.89. The number of aryl methyl sites for hydroxylation is 1. The number of carbonyl (C=O) groups excluding carboxylic acids is 2. The third-order valence-electron chi connectivity index (χ3n) is 3.88. The third-order valence-corrected chi connectivity index (χ3v) is 3.88. The number of nitrogens with zero attached hydrogens (tertiary/aromatic N) is 2. The van der Waals surface area contributed by atoms with E-state index in [1.165, 1.54) is 11.8 Å². The number of fused-ring (bicyclic) bond motifs is 1. The molecule has 1 aromatic heterocycles. The van der Waals surface area contributed by atoms with Crippen molar-refractivity contribution in [3.63, 3.8) is 0 Å². The van der Waals surface area contributed by atoms with Gasteiger partial charge < -0.3 is 15.0 Å². The van der Waals surface area contributed by atoms with E-state index in [0.29, 0.717) is 17.1 Å². The summed E-state index contributed by atoms with van der Waals surface area (Å²) in [5.74, 6) is -0.476. The second-order valence-electron chi connectivity index (χ2n) is 5.66. The standard InChI is InChI=1S/C17H17N3O3/c1-11-6-7-14-13(9-11)19-15(21)17(2,23-14)16(22)20(3)12-5-4-8-18-10-12/h4-10H,1-3H3,(H,19,21). The molecule has 1 aliphatic heterocycles. The molecule has 2 aromatic rings. The minimum atomic E-state index is -1.63. The number of ether oxygens (including phenoxy) is 1. The molecule has 6 nitrogen and oxygen atoms in total. The van der Waals surface area contributed by atoms with Crippen LogP contribution in [0.15, 0.2) is 42.7 Å². The van der Waals surface area contributed by atoms with Crippen molar-refractivity contribution < 1.29 is 14.3 Å². The molecule has 0 saturated heterocycles. The number of hydrogen-bond acceptors (Lipinski definition) is 4. The fraction of sp³-hybridized carbons (Fsp3) is 0.235. The number of amides is 2. The van der Waals surface area contributed by atoms with Crippen LogP contribution in [0.3, 0.4) is 0 Å². The predicted octanol–water partition coefficient (Wildman–Crippen LogP) is 2.14. The van der Waals surface area contributed by atoms with Crippen LogP contribution in [0.2, 0.25) is 0 Å². The molecule has 1 aromatic carbocycles. The molecule has 0 radical (unpaired) electrons. The summed E-state index contributed by atoms with van der Waals surface area (Å²) in [6.07, 6.45) is 3.17.